The maximum Gasteiger partial charge on any atom is 0.236 e. The van der Waals surface area contributed by atoms with Crippen LogP contribution in [0.2, 0.25) is 0 Å². The fourth-order valence-corrected chi connectivity index (χ4v) is 3.23. The molecule has 16 heavy (non-hydrogen) atoms. The number of thioether (sulfide) groups is 1. The lowest BCUT2D eigenvalue weighted by Gasteiger charge is -2.34. The lowest BCUT2D eigenvalue weighted by molar-refractivity contribution is -0.125. The van der Waals surface area contributed by atoms with Crippen molar-refractivity contribution in [2.24, 2.45) is 0 Å². The SMILES string of the molecule is CCC(CC)(CO)NC(=O)C1(C)CCCS1. The van der Waals surface area contributed by atoms with Crippen LogP contribution in [0.25, 0.3) is 0 Å². The summed E-state index contributed by atoms with van der Waals surface area (Å²) in [4.78, 5) is 12.2. The van der Waals surface area contributed by atoms with Crippen LogP contribution in [0.15, 0.2) is 0 Å². The summed E-state index contributed by atoms with van der Waals surface area (Å²) >= 11 is 1.73. The Morgan fingerprint density at radius 1 is 1.50 bits per heavy atom. The average Bonchev–Trinajstić information content (AvgIpc) is 2.74. The molecule has 94 valence electrons. The van der Waals surface area contributed by atoms with Gasteiger partial charge in [-0.3, -0.25) is 4.79 Å². The fraction of sp³-hybridized carbons (Fsp3) is 0.917. The first-order valence-electron chi connectivity index (χ1n) is 6.09. The standard InChI is InChI=1S/C12H23NO2S/c1-4-12(5-2,9-14)13-10(15)11(3)7-6-8-16-11/h14H,4-9H2,1-3H3,(H,13,15). The number of hydrogen-bond acceptors (Lipinski definition) is 3. The molecule has 0 radical (unpaired) electrons. The van der Waals surface area contributed by atoms with Crippen LogP contribution < -0.4 is 5.32 Å². The van der Waals surface area contributed by atoms with Gasteiger partial charge in [0, 0.05) is 0 Å². The van der Waals surface area contributed by atoms with Crippen molar-refractivity contribution >= 4 is 17.7 Å². The van der Waals surface area contributed by atoms with Crippen molar-refractivity contribution in [1.29, 1.82) is 0 Å². The van der Waals surface area contributed by atoms with Crippen molar-refractivity contribution in [2.75, 3.05) is 12.4 Å². The van der Waals surface area contributed by atoms with E-state index in [1.165, 1.54) is 0 Å². The summed E-state index contributed by atoms with van der Waals surface area (Å²) in [7, 11) is 0. The topological polar surface area (TPSA) is 49.3 Å². The van der Waals surface area contributed by atoms with Gasteiger partial charge in [0.1, 0.15) is 0 Å². The minimum Gasteiger partial charge on any atom is -0.394 e. The molecule has 2 N–H and O–H groups in total. The van der Waals surface area contributed by atoms with E-state index >= 15 is 0 Å². The van der Waals surface area contributed by atoms with Crippen LogP contribution in [0.3, 0.4) is 0 Å². The van der Waals surface area contributed by atoms with Gasteiger partial charge in [-0.1, -0.05) is 13.8 Å². The Labute approximate surface area is 102 Å². The smallest absolute Gasteiger partial charge is 0.236 e. The van der Waals surface area contributed by atoms with E-state index in [-0.39, 0.29) is 17.3 Å². The van der Waals surface area contributed by atoms with Crippen molar-refractivity contribution in [3.05, 3.63) is 0 Å². The Kier molecular flexibility index (Phi) is 4.68. The highest BCUT2D eigenvalue weighted by molar-refractivity contribution is 8.01. The Hall–Kier alpha value is -0.220. The van der Waals surface area contributed by atoms with E-state index in [2.05, 4.69) is 5.32 Å². The minimum absolute atomic E-state index is 0.0203. The number of rotatable bonds is 5. The minimum atomic E-state index is -0.427. The van der Waals surface area contributed by atoms with Gasteiger partial charge < -0.3 is 10.4 Å². The molecule has 0 aromatic rings. The zero-order chi connectivity index (χ0) is 12.2. The van der Waals surface area contributed by atoms with Gasteiger partial charge in [-0.2, -0.15) is 0 Å². The number of carbonyl (C=O) groups excluding carboxylic acids is 1. The number of hydrogen-bond donors (Lipinski definition) is 2. The molecular weight excluding hydrogens is 222 g/mol. The van der Waals surface area contributed by atoms with Crippen molar-refractivity contribution in [2.45, 2.75) is 56.7 Å². The van der Waals surface area contributed by atoms with Crippen LogP contribution in [0.1, 0.15) is 46.5 Å². The van der Waals surface area contributed by atoms with E-state index in [9.17, 15) is 9.90 Å². The monoisotopic (exact) mass is 245 g/mol. The van der Waals surface area contributed by atoms with Gasteiger partial charge >= 0.3 is 0 Å². The second-order valence-corrected chi connectivity index (χ2v) is 6.38. The molecule has 1 amide bonds. The van der Waals surface area contributed by atoms with E-state index in [1.54, 1.807) is 11.8 Å². The molecule has 3 nitrogen and oxygen atoms in total. The molecule has 0 aromatic carbocycles. The molecule has 0 spiro atoms. The second-order valence-electron chi connectivity index (χ2n) is 4.78. The Balaban J connectivity index is 2.68. The lowest BCUT2D eigenvalue weighted by Crippen LogP contribution is -2.55. The van der Waals surface area contributed by atoms with Gasteiger partial charge in [-0.25, -0.2) is 0 Å². The van der Waals surface area contributed by atoms with Crippen LogP contribution in [-0.4, -0.2) is 33.7 Å². The van der Waals surface area contributed by atoms with E-state index < -0.39 is 5.54 Å². The first-order chi connectivity index (χ1) is 7.52. The average molecular weight is 245 g/mol. The van der Waals surface area contributed by atoms with Gasteiger partial charge in [0.25, 0.3) is 0 Å². The number of amides is 1. The lowest BCUT2D eigenvalue weighted by atomic mass is 9.92. The highest BCUT2D eigenvalue weighted by Crippen LogP contribution is 2.38. The van der Waals surface area contributed by atoms with Crippen molar-refractivity contribution in [3.8, 4) is 0 Å². The summed E-state index contributed by atoms with van der Waals surface area (Å²) in [5, 5.41) is 12.5. The summed E-state index contributed by atoms with van der Waals surface area (Å²) in [5.74, 6) is 1.15. The van der Waals surface area contributed by atoms with Crippen LogP contribution in [-0.2, 0) is 4.79 Å². The quantitative estimate of drug-likeness (QED) is 0.778. The van der Waals surface area contributed by atoms with Crippen molar-refractivity contribution in [3.63, 3.8) is 0 Å². The third kappa shape index (κ3) is 2.72. The van der Waals surface area contributed by atoms with Crippen molar-refractivity contribution < 1.29 is 9.90 Å². The second kappa shape index (κ2) is 5.41. The van der Waals surface area contributed by atoms with Gasteiger partial charge in [0.15, 0.2) is 0 Å². The maximum absolute atomic E-state index is 12.2. The Bertz CT molecular complexity index is 237. The molecule has 1 aliphatic heterocycles. The molecule has 1 rings (SSSR count). The molecule has 0 bridgehead atoms. The Morgan fingerprint density at radius 3 is 2.50 bits per heavy atom. The molecule has 1 saturated heterocycles. The molecule has 1 fully saturated rings. The van der Waals surface area contributed by atoms with E-state index in [4.69, 9.17) is 0 Å². The maximum atomic E-state index is 12.2. The van der Waals surface area contributed by atoms with Crippen LogP contribution >= 0.6 is 11.8 Å². The normalized spacial score (nSPS) is 25.8. The largest absolute Gasteiger partial charge is 0.394 e. The molecule has 1 aliphatic rings. The predicted molar refractivity (Wildman–Crippen MR) is 68.6 cm³/mol. The molecule has 0 aromatic heterocycles. The molecule has 0 saturated carbocycles. The zero-order valence-electron chi connectivity index (χ0n) is 10.5. The van der Waals surface area contributed by atoms with E-state index in [0.29, 0.717) is 0 Å². The van der Waals surface area contributed by atoms with E-state index in [1.807, 2.05) is 20.8 Å². The number of nitrogens with one attached hydrogen (secondary N) is 1. The number of carbonyl (C=O) groups is 1. The third-order valence-corrected chi connectivity index (χ3v) is 5.25. The van der Waals surface area contributed by atoms with Crippen LogP contribution in [0, 0.1) is 0 Å². The summed E-state index contributed by atoms with van der Waals surface area (Å²) < 4.78 is -0.287. The summed E-state index contributed by atoms with van der Waals surface area (Å²) in [6, 6.07) is 0. The number of aliphatic hydroxyl groups is 1. The van der Waals surface area contributed by atoms with Gasteiger partial charge in [0.2, 0.25) is 5.91 Å². The van der Waals surface area contributed by atoms with Crippen molar-refractivity contribution in [1.82, 2.24) is 5.32 Å². The summed E-state index contributed by atoms with van der Waals surface area (Å²) in [5.41, 5.74) is -0.427. The first kappa shape index (κ1) is 13.8. The van der Waals surface area contributed by atoms with Gasteiger partial charge in [-0.05, 0) is 38.4 Å². The molecule has 0 aliphatic carbocycles. The van der Waals surface area contributed by atoms with Gasteiger partial charge in [-0.15, -0.1) is 11.8 Å². The van der Waals surface area contributed by atoms with Crippen LogP contribution in [0.4, 0.5) is 0 Å². The molecule has 1 atom stereocenters. The highest BCUT2D eigenvalue weighted by Gasteiger charge is 2.40. The molecule has 1 heterocycles. The molecule has 4 heteroatoms. The van der Waals surface area contributed by atoms with Gasteiger partial charge in [0.05, 0.1) is 16.9 Å². The molecule has 1 unspecified atom stereocenters. The molecular formula is C12H23NO2S. The fourth-order valence-electron chi connectivity index (χ4n) is 2.02. The summed E-state index contributed by atoms with van der Waals surface area (Å²) in [6.45, 7) is 6.04. The zero-order valence-corrected chi connectivity index (χ0v) is 11.3. The highest BCUT2D eigenvalue weighted by atomic mass is 32.2. The predicted octanol–water partition coefficient (Wildman–Crippen LogP) is 1.94. The number of aliphatic hydroxyl groups excluding tert-OH is 1. The van der Waals surface area contributed by atoms with E-state index in [0.717, 1.165) is 31.4 Å². The Morgan fingerprint density at radius 2 is 2.12 bits per heavy atom. The first-order valence-corrected chi connectivity index (χ1v) is 7.08. The summed E-state index contributed by atoms with van der Waals surface area (Å²) in [6.07, 6.45) is 3.59. The third-order valence-electron chi connectivity index (χ3n) is 3.73. The van der Waals surface area contributed by atoms with Crippen LogP contribution in [0.5, 0.6) is 0 Å².